The lowest BCUT2D eigenvalue weighted by atomic mass is 9.84. The molecule has 0 radical (unpaired) electrons. The van der Waals surface area contributed by atoms with Gasteiger partial charge in [-0.05, 0) is 45.2 Å². The summed E-state index contributed by atoms with van der Waals surface area (Å²) in [5, 5.41) is 21.6. The summed E-state index contributed by atoms with van der Waals surface area (Å²) in [7, 11) is 0. The molecule has 30 heavy (non-hydrogen) atoms. The SMILES string of the molecule is Cc1ccc(C2(O)CCN(CC(O)COc3cccc4c3OC(C)(C)C4)CC2)cc1. The summed E-state index contributed by atoms with van der Waals surface area (Å²) in [6.45, 7) is 8.44. The van der Waals surface area contributed by atoms with E-state index >= 15 is 0 Å². The fourth-order valence-electron chi connectivity index (χ4n) is 4.50. The van der Waals surface area contributed by atoms with Crippen LogP contribution in [-0.4, -0.2) is 53.1 Å². The minimum Gasteiger partial charge on any atom is -0.487 e. The number of β-amino-alcohol motifs (C(OH)–C–C–N with tert-alkyl or cyclic N) is 1. The smallest absolute Gasteiger partial charge is 0.165 e. The molecule has 0 amide bonds. The molecule has 2 aromatic carbocycles. The topological polar surface area (TPSA) is 62.2 Å². The van der Waals surface area contributed by atoms with Gasteiger partial charge >= 0.3 is 0 Å². The van der Waals surface area contributed by atoms with Crippen LogP contribution in [-0.2, 0) is 12.0 Å². The summed E-state index contributed by atoms with van der Waals surface area (Å²) < 4.78 is 12.0. The van der Waals surface area contributed by atoms with Crippen molar-refractivity contribution < 1.29 is 19.7 Å². The van der Waals surface area contributed by atoms with E-state index in [1.807, 2.05) is 36.4 Å². The first-order chi connectivity index (χ1) is 14.2. The Labute approximate surface area is 179 Å². The van der Waals surface area contributed by atoms with Crippen molar-refractivity contribution in [3.05, 3.63) is 59.2 Å². The van der Waals surface area contributed by atoms with Gasteiger partial charge in [-0.15, -0.1) is 0 Å². The zero-order valence-corrected chi connectivity index (χ0v) is 18.2. The lowest BCUT2D eigenvalue weighted by molar-refractivity contribution is -0.0373. The van der Waals surface area contributed by atoms with Crippen molar-refractivity contribution in [1.82, 2.24) is 4.90 Å². The first-order valence-electron chi connectivity index (χ1n) is 10.9. The van der Waals surface area contributed by atoms with E-state index in [0.29, 0.717) is 25.1 Å². The monoisotopic (exact) mass is 411 g/mol. The van der Waals surface area contributed by atoms with Gasteiger partial charge < -0.3 is 24.6 Å². The van der Waals surface area contributed by atoms with Crippen LogP contribution >= 0.6 is 0 Å². The minimum absolute atomic E-state index is 0.220. The number of likely N-dealkylation sites (tertiary alicyclic amines) is 1. The fourth-order valence-corrected chi connectivity index (χ4v) is 4.50. The number of hydrogen-bond donors (Lipinski definition) is 2. The molecule has 1 atom stereocenters. The summed E-state index contributed by atoms with van der Waals surface area (Å²) in [4.78, 5) is 2.20. The van der Waals surface area contributed by atoms with E-state index in [1.165, 1.54) is 5.56 Å². The van der Waals surface area contributed by atoms with Crippen molar-refractivity contribution in [2.45, 2.75) is 57.3 Å². The van der Waals surface area contributed by atoms with Gasteiger partial charge in [0.05, 0.1) is 5.60 Å². The molecule has 5 heteroatoms. The fraction of sp³-hybridized carbons (Fsp3) is 0.520. The molecule has 2 N–H and O–H groups in total. The maximum atomic E-state index is 11.0. The highest BCUT2D eigenvalue weighted by atomic mass is 16.5. The van der Waals surface area contributed by atoms with Crippen LogP contribution in [0.5, 0.6) is 11.5 Å². The third-order valence-corrected chi connectivity index (χ3v) is 6.23. The number of aliphatic hydroxyl groups is 2. The zero-order valence-electron chi connectivity index (χ0n) is 18.2. The van der Waals surface area contributed by atoms with Crippen LogP contribution in [0.1, 0.15) is 43.4 Å². The van der Waals surface area contributed by atoms with E-state index < -0.39 is 11.7 Å². The van der Waals surface area contributed by atoms with Crippen molar-refractivity contribution >= 4 is 0 Å². The van der Waals surface area contributed by atoms with E-state index in [9.17, 15) is 10.2 Å². The number of nitrogens with zero attached hydrogens (tertiary/aromatic N) is 1. The van der Waals surface area contributed by atoms with Crippen LogP contribution in [0.2, 0.25) is 0 Å². The molecule has 0 aliphatic carbocycles. The van der Waals surface area contributed by atoms with Gasteiger partial charge in [0.25, 0.3) is 0 Å². The van der Waals surface area contributed by atoms with E-state index in [1.54, 1.807) is 0 Å². The second-order valence-electron chi connectivity index (χ2n) is 9.45. The summed E-state index contributed by atoms with van der Waals surface area (Å²) in [6, 6.07) is 14.1. The van der Waals surface area contributed by atoms with Crippen molar-refractivity contribution in [2.75, 3.05) is 26.2 Å². The molecule has 1 fully saturated rings. The minimum atomic E-state index is -0.777. The molecule has 162 valence electrons. The highest BCUT2D eigenvalue weighted by molar-refractivity contribution is 5.50. The van der Waals surface area contributed by atoms with E-state index in [0.717, 1.165) is 36.4 Å². The molecular formula is C25H33NO4. The number of aliphatic hydroxyl groups excluding tert-OH is 1. The van der Waals surface area contributed by atoms with Gasteiger partial charge in [0, 0.05) is 31.6 Å². The Kier molecular flexibility index (Phi) is 5.80. The number of para-hydroxylation sites is 1. The molecule has 0 saturated carbocycles. The Balaban J connectivity index is 1.28. The second-order valence-corrected chi connectivity index (χ2v) is 9.45. The average Bonchev–Trinajstić information content (AvgIpc) is 3.03. The molecule has 4 rings (SSSR count). The molecule has 1 saturated heterocycles. The quantitative estimate of drug-likeness (QED) is 0.763. The highest BCUT2D eigenvalue weighted by Crippen LogP contribution is 2.41. The highest BCUT2D eigenvalue weighted by Gasteiger charge is 2.35. The number of rotatable bonds is 6. The number of ether oxygens (including phenoxy) is 2. The maximum absolute atomic E-state index is 11.0. The first-order valence-corrected chi connectivity index (χ1v) is 10.9. The van der Waals surface area contributed by atoms with Crippen LogP contribution in [0.15, 0.2) is 42.5 Å². The van der Waals surface area contributed by atoms with E-state index in [4.69, 9.17) is 9.47 Å². The molecule has 2 heterocycles. The third-order valence-electron chi connectivity index (χ3n) is 6.23. The molecule has 5 nitrogen and oxygen atoms in total. The average molecular weight is 412 g/mol. The van der Waals surface area contributed by atoms with Crippen molar-refractivity contribution in [3.8, 4) is 11.5 Å². The Morgan fingerprint density at radius 2 is 1.80 bits per heavy atom. The van der Waals surface area contributed by atoms with Gasteiger partial charge in [0.1, 0.15) is 18.3 Å². The van der Waals surface area contributed by atoms with E-state index in [2.05, 4.69) is 31.7 Å². The standard InChI is InChI=1S/C25H33NO4/c1-18-7-9-20(10-8-18)25(28)11-13-26(14-12-25)16-21(27)17-29-22-6-4-5-19-15-24(2,3)30-23(19)22/h4-10,21,27-28H,11-17H2,1-3H3. The number of aryl methyl sites for hydroxylation is 1. The Hall–Kier alpha value is -2.08. The number of piperidine rings is 1. The Morgan fingerprint density at radius 1 is 1.10 bits per heavy atom. The van der Waals surface area contributed by atoms with Crippen LogP contribution in [0.3, 0.4) is 0 Å². The van der Waals surface area contributed by atoms with Crippen LogP contribution in [0, 0.1) is 6.92 Å². The van der Waals surface area contributed by atoms with E-state index in [-0.39, 0.29) is 12.2 Å². The predicted octanol–water partition coefficient (Wildman–Crippen LogP) is 3.43. The molecule has 0 spiro atoms. The molecule has 1 unspecified atom stereocenters. The molecule has 2 aliphatic heterocycles. The molecular weight excluding hydrogens is 378 g/mol. The number of benzene rings is 2. The van der Waals surface area contributed by atoms with Crippen LogP contribution in [0.4, 0.5) is 0 Å². The van der Waals surface area contributed by atoms with Gasteiger partial charge in [0.15, 0.2) is 11.5 Å². The molecule has 0 bridgehead atoms. The summed E-state index contributed by atoms with van der Waals surface area (Å²) in [5.74, 6) is 1.50. The molecule has 2 aromatic rings. The third kappa shape index (κ3) is 4.64. The van der Waals surface area contributed by atoms with Crippen LogP contribution < -0.4 is 9.47 Å². The van der Waals surface area contributed by atoms with Gasteiger partial charge in [-0.2, -0.15) is 0 Å². The number of fused-ring (bicyclic) bond motifs is 1. The largest absolute Gasteiger partial charge is 0.487 e. The Morgan fingerprint density at radius 3 is 2.50 bits per heavy atom. The van der Waals surface area contributed by atoms with Gasteiger partial charge in [0.2, 0.25) is 0 Å². The maximum Gasteiger partial charge on any atom is 0.165 e. The van der Waals surface area contributed by atoms with Gasteiger partial charge in [-0.1, -0.05) is 42.0 Å². The summed E-state index contributed by atoms with van der Waals surface area (Å²) >= 11 is 0. The lowest BCUT2D eigenvalue weighted by Gasteiger charge is -2.39. The van der Waals surface area contributed by atoms with Crippen molar-refractivity contribution in [2.24, 2.45) is 0 Å². The second kappa shape index (κ2) is 8.22. The first kappa shape index (κ1) is 21.2. The van der Waals surface area contributed by atoms with Gasteiger partial charge in [-0.3, -0.25) is 0 Å². The normalized spacial score (nSPS) is 21.0. The molecule has 0 aromatic heterocycles. The van der Waals surface area contributed by atoms with Crippen LogP contribution in [0.25, 0.3) is 0 Å². The summed E-state index contributed by atoms with van der Waals surface area (Å²) in [6.07, 6.45) is 1.60. The predicted molar refractivity (Wildman–Crippen MR) is 117 cm³/mol. The summed E-state index contributed by atoms with van der Waals surface area (Å²) in [5.41, 5.74) is 2.33. The van der Waals surface area contributed by atoms with Crippen molar-refractivity contribution in [3.63, 3.8) is 0 Å². The molecule has 2 aliphatic rings. The van der Waals surface area contributed by atoms with Gasteiger partial charge in [-0.25, -0.2) is 0 Å². The zero-order chi connectivity index (χ0) is 21.4. The number of hydrogen-bond acceptors (Lipinski definition) is 5. The van der Waals surface area contributed by atoms with Crippen molar-refractivity contribution in [1.29, 1.82) is 0 Å². The Bertz CT molecular complexity index is 869. The lowest BCUT2D eigenvalue weighted by Crippen LogP contribution is -2.46.